The van der Waals surface area contributed by atoms with Gasteiger partial charge in [0.2, 0.25) is 0 Å². The Hall–Kier alpha value is -0.180. The lowest BCUT2D eigenvalue weighted by atomic mass is 10.1. The number of unbranched alkanes of at least 4 members (excludes halogenated alkanes) is 11. The summed E-state index contributed by atoms with van der Waals surface area (Å²) in [5.41, 5.74) is 0. The minimum absolute atomic E-state index is 0. The molecule has 2 N–H and O–H groups in total. The molecule has 2 amide bonds. The van der Waals surface area contributed by atoms with E-state index in [0.29, 0.717) is 13.1 Å². The largest absolute Gasteiger partial charge is 1.00 e. The molecule has 8 heteroatoms. The van der Waals surface area contributed by atoms with Gasteiger partial charge >= 0.3 is 0 Å². The molecule has 0 aromatic heterocycles. The van der Waals surface area contributed by atoms with Crippen LogP contribution in [-0.2, 0) is 9.59 Å². The first-order valence-electron chi connectivity index (χ1n) is 14.3. The number of hydrogen-bond acceptors (Lipinski definition) is 2. The number of likely N-dealkylation sites (N-methyl/N-ethyl adjacent to an activating group) is 2. The normalized spacial score (nSPS) is 11.4. The van der Waals surface area contributed by atoms with Crippen molar-refractivity contribution in [3.63, 3.8) is 0 Å². The van der Waals surface area contributed by atoms with Crippen molar-refractivity contribution in [2.45, 2.75) is 104 Å². The van der Waals surface area contributed by atoms with Crippen molar-refractivity contribution in [1.29, 1.82) is 0 Å². The van der Waals surface area contributed by atoms with Gasteiger partial charge < -0.3 is 53.6 Å². The molecule has 6 nitrogen and oxygen atoms in total. The fourth-order valence-electron chi connectivity index (χ4n) is 4.39. The molecule has 0 rings (SSSR count). The van der Waals surface area contributed by atoms with E-state index in [1.54, 1.807) is 0 Å². The molecule has 0 radical (unpaired) electrons. The molecule has 0 fully saturated rings. The molecule has 0 aliphatic heterocycles. The first-order valence-corrected chi connectivity index (χ1v) is 14.3. The van der Waals surface area contributed by atoms with E-state index >= 15 is 0 Å². The number of quaternary nitrogens is 2. The van der Waals surface area contributed by atoms with Crippen LogP contribution in [0.3, 0.4) is 0 Å². The van der Waals surface area contributed by atoms with Crippen LogP contribution in [-0.4, -0.2) is 88.2 Å². The predicted octanol–water partition coefficient (Wildman–Crippen LogP) is -1.12. The van der Waals surface area contributed by atoms with Gasteiger partial charge in [-0.3, -0.25) is 9.59 Å². The SMILES string of the molecule is CCCCCCNC(=O)C[N+](C)(C)CCCCCCCC[N+](C)(C)CC(=O)NCCCCCC.[Br-].[Br-]. The number of carbonyl (C=O) groups is 2. The van der Waals surface area contributed by atoms with E-state index in [2.05, 4.69) is 52.7 Å². The number of halogens is 2. The topological polar surface area (TPSA) is 58.2 Å². The minimum Gasteiger partial charge on any atom is -1.00 e. The van der Waals surface area contributed by atoms with Crippen LogP contribution in [0.25, 0.3) is 0 Å². The summed E-state index contributed by atoms with van der Waals surface area (Å²) in [6, 6.07) is 0. The maximum Gasteiger partial charge on any atom is 0.275 e. The molecular formula is C28H60Br2N4O2. The van der Waals surface area contributed by atoms with Crippen LogP contribution in [0.1, 0.15) is 104 Å². The predicted molar refractivity (Wildman–Crippen MR) is 146 cm³/mol. The van der Waals surface area contributed by atoms with Crippen LogP contribution in [0.4, 0.5) is 0 Å². The summed E-state index contributed by atoms with van der Waals surface area (Å²) < 4.78 is 1.54. The van der Waals surface area contributed by atoms with Gasteiger partial charge in [0.1, 0.15) is 0 Å². The summed E-state index contributed by atoms with van der Waals surface area (Å²) in [6.07, 6.45) is 16.9. The van der Waals surface area contributed by atoms with Crippen LogP contribution in [0.15, 0.2) is 0 Å². The molecule has 36 heavy (non-hydrogen) atoms. The molecule has 0 saturated heterocycles. The molecule has 0 aromatic rings. The highest BCUT2D eigenvalue weighted by atomic mass is 79.9. The van der Waals surface area contributed by atoms with Crippen molar-refractivity contribution in [2.24, 2.45) is 0 Å². The standard InChI is InChI=1S/C28H58N4O2.2BrH/c1-7-9-11-17-21-29-27(33)25-31(3,4)23-19-15-13-14-16-20-24-32(5,6)26-28(34)30-22-18-12-10-8-2;;/h7-26H2,1-6H3;2*1H. The molecule has 0 saturated carbocycles. The van der Waals surface area contributed by atoms with Gasteiger partial charge in [-0.2, -0.15) is 0 Å². The third-order valence-electron chi connectivity index (χ3n) is 6.63. The molecule has 0 aliphatic rings. The molecule has 0 unspecified atom stereocenters. The van der Waals surface area contributed by atoms with E-state index in [-0.39, 0.29) is 45.8 Å². The van der Waals surface area contributed by atoms with E-state index in [4.69, 9.17) is 0 Å². The number of carbonyl (C=O) groups excluding carboxylic acids is 2. The number of amides is 2. The smallest absolute Gasteiger partial charge is 0.275 e. The van der Waals surface area contributed by atoms with E-state index in [1.165, 1.54) is 77.0 Å². The van der Waals surface area contributed by atoms with Crippen LogP contribution < -0.4 is 44.6 Å². The molecule has 0 bridgehead atoms. The summed E-state index contributed by atoms with van der Waals surface area (Å²) in [6.45, 7) is 9.31. The quantitative estimate of drug-likeness (QED) is 0.110. The van der Waals surface area contributed by atoms with Gasteiger partial charge in [-0.15, -0.1) is 0 Å². The lowest BCUT2D eigenvalue weighted by Gasteiger charge is -2.29. The maximum atomic E-state index is 12.2. The van der Waals surface area contributed by atoms with Crippen LogP contribution in [0.2, 0.25) is 0 Å². The third-order valence-corrected chi connectivity index (χ3v) is 6.63. The number of nitrogens with zero attached hydrogens (tertiary/aromatic N) is 2. The fraction of sp³-hybridized carbons (Fsp3) is 0.929. The Kier molecular flexibility index (Phi) is 28.1. The summed E-state index contributed by atoms with van der Waals surface area (Å²) in [4.78, 5) is 24.4. The average Bonchev–Trinajstić information content (AvgIpc) is 2.74. The lowest BCUT2D eigenvalue weighted by Crippen LogP contribution is -3.00. The summed E-state index contributed by atoms with van der Waals surface area (Å²) in [7, 11) is 8.66. The monoisotopic (exact) mass is 642 g/mol. The molecule has 0 aromatic carbocycles. The van der Waals surface area contributed by atoms with Gasteiger partial charge in [-0.1, -0.05) is 65.2 Å². The Labute approximate surface area is 245 Å². The first kappa shape index (κ1) is 40.3. The number of nitrogens with one attached hydrogen (secondary N) is 2. The van der Waals surface area contributed by atoms with Crippen molar-refractivity contribution in [3.05, 3.63) is 0 Å². The van der Waals surface area contributed by atoms with Crippen molar-refractivity contribution in [2.75, 3.05) is 67.5 Å². The highest BCUT2D eigenvalue weighted by Crippen LogP contribution is 2.10. The van der Waals surface area contributed by atoms with Crippen LogP contribution in [0.5, 0.6) is 0 Å². The van der Waals surface area contributed by atoms with Gasteiger partial charge in [0, 0.05) is 13.1 Å². The van der Waals surface area contributed by atoms with Crippen molar-refractivity contribution in [3.8, 4) is 0 Å². The molecule has 0 aliphatic carbocycles. The van der Waals surface area contributed by atoms with Crippen LogP contribution >= 0.6 is 0 Å². The second-order valence-electron chi connectivity index (χ2n) is 11.6. The maximum absolute atomic E-state index is 12.2. The summed E-state index contributed by atoms with van der Waals surface area (Å²) in [5, 5.41) is 6.16. The van der Waals surface area contributed by atoms with Gasteiger partial charge in [0.15, 0.2) is 13.1 Å². The summed E-state index contributed by atoms with van der Waals surface area (Å²) >= 11 is 0. The Bertz CT molecular complexity index is 486. The highest BCUT2D eigenvalue weighted by molar-refractivity contribution is 5.77. The van der Waals surface area contributed by atoms with E-state index in [1.807, 2.05) is 0 Å². The van der Waals surface area contributed by atoms with Crippen molar-refractivity contribution in [1.82, 2.24) is 10.6 Å². The van der Waals surface area contributed by atoms with Crippen molar-refractivity contribution < 1.29 is 52.5 Å². The second-order valence-corrected chi connectivity index (χ2v) is 11.6. The zero-order chi connectivity index (χ0) is 25.7. The molecule has 0 atom stereocenters. The molecule has 0 spiro atoms. The Balaban J connectivity index is -0.00000544. The first-order chi connectivity index (χ1) is 16.1. The van der Waals surface area contributed by atoms with E-state index in [0.717, 1.165) is 48.0 Å². The average molecular weight is 645 g/mol. The fourth-order valence-corrected chi connectivity index (χ4v) is 4.39. The van der Waals surface area contributed by atoms with Gasteiger partial charge in [0.25, 0.3) is 11.8 Å². The lowest BCUT2D eigenvalue weighted by molar-refractivity contribution is -0.882. The highest BCUT2D eigenvalue weighted by Gasteiger charge is 2.20. The van der Waals surface area contributed by atoms with Crippen molar-refractivity contribution >= 4 is 11.8 Å². The van der Waals surface area contributed by atoms with Gasteiger partial charge in [-0.05, 0) is 38.5 Å². The van der Waals surface area contributed by atoms with E-state index < -0.39 is 0 Å². The second kappa shape index (κ2) is 25.1. The minimum atomic E-state index is 0. The molecular weight excluding hydrogens is 584 g/mol. The number of hydrogen-bond donors (Lipinski definition) is 2. The Morgan fingerprint density at radius 1 is 0.500 bits per heavy atom. The molecule has 0 heterocycles. The van der Waals surface area contributed by atoms with Gasteiger partial charge in [-0.25, -0.2) is 0 Å². The third kappa shape index (κ3) is 26.9. The van der Waals surface area contributed by atoms with E-state index in [9.17, 15) is 9.59 Å². The number of rotatable bonds is 23. The van der Waals surface area contributed by atoms with Gasteiger partial charge in [0.05, 0.1) is 41.3 Å². The summed E-state index contributed by atoms with van der Waals surface area (Å²) in [5.74, 6) is 0.375. The Morgan fingerprint density at radius 2 is 0.806 bits per heavy atom. The zero-order valence-electron chi connectivity index (χ0n) is 24.6. The van der Waals surface area contributed by atoms with Crippen LogP contribution in [0, 0.1) is 0 Å². The molecule has 218 valence electrons. The Morgan fingerprint density at radius 3 is 1.14 bits per heavy atom. The zero-order valence-corrected chi connectivity index (χ0v) is 27.8.